The van der Waals surface area contributed by atoms with Crippen LogP contribution in [0.2, 0.25) is 0 Å². The Hall–Kier alpha value is -2.07. The van der Waals surface area contributed by atoms with Gasteiger partial charge in [0.2, 0.25) is 10.0 Å². The molecule has 0 saturated carbocycles. The molecule has 2 aromatic carbocycles. The lowest BCUT2D eigenvalue weighted by Crippen LogP contribution is -2.32. The molecule has 0 spiro atoms. The molecule has 0 saturated heterocycles. The zero-order valence-corrected chi connectivity index (χ0v) is 18.1. The van der Waals surface area contributed by atoms with Gasteiger partial charge in [0.25, 0.3) is 0 Å². The zero-order chi connectivity index (χ0) is 20.7. The second-order valence-electron chi connectivity index (χ2n) is 6.21. The van der Waals surface area contributed by atoms with Gasteiger partial charge in [-0.1, -0.05) is 12.1 Å². The van der Waals surface area contributed by atoms with Gasteiger partial charge in [-0.3, -0.25) is 0 Å². The highest BCUT2D eigenvalue weighted by Gasteiger charge is 2.16. The summed E-state index contributed by atoms with van der Waals surface area (Å²) in [7, 11) is -1.10. The van der Waals surface area contributed by atoms with Crippen molar-refractivity contribution in [1.29, 1.82) is 0 Å². The van der Waals surface area contributed by atoms with Gasteiger partial charge in [-0.25, -0.2) is 17.9 Å². The first-order valence-electron chi connectivity index (χ1n) is 8.64. The van der Waals surface area contributed by atoms with E-state index in [4.69, 9.17) is 19.3 Å². The molecule has 0 aliphatic heterocycles. The first-order valence-corrected chi connectivity index (χ1v) is 10.2. The quantitative estimate of drug-likeness (QED) is 0.542. The van der Waals surface area contributed by atoms with Crippen LogP contribution >= 0.6 is 12.4 Å². The van der Waals surface area contributed by atoms with Gasteiger partial charge in [0.05, 0.1) is 14.2 Å². The molecule has 0 amide bonds. The van der Waals surface area contributed by atoms with Crippen LogP contribution in [0, 0.1) is 5.82 Å². The van der Waals surface area contributed by atoms with Crippen molar-refractivity contribution in [2.45, 2.75) is 24.3 Å². The van der Waals surface area contributed by atoms with Crippen LogP contribution in [-0.2, 0) is 16.4 Å². The topological polar surface area (TPSA) is 99.9 Å². The van der Waals surface area contributed by atoms with Crippen molar-refractivity contribution in [2.75, 3.05) is 27.4 Å². The van der Waals surface area contributed by atoms with E-state index in [1.54, 1.807) is 24.3 Å². The fraction of sp³-hybridized carbons (Fsp3) is 0.368. The molecule has 0 aliphatic rings. The van der Waals surface area contributed by atoms with Crippen LogP contribution in [0.1, 0.15) is 12.5 Å². The number of sulfonamides is 1. The Morgan fingerprint density at radius 1 is 1.14 bits per heavy atom. The van der Waals surface area contributed by atoms with Crippen LogP contribution in [0.4, 0.5) is 4.39 Å². The SMILES string of the molecule is COc1ccc(CC(C)NCCOc2cccc(F)c2OC)cc1S(N)(=O)=O.Cl. The number of primary sulfonamides is 1. The highest BCUT2D eigenvalue weighted by atomic mass is 35.5. The smallest absolute Gasteiger partial charge is 0.241 e. The minimum atomic E-state index is -3.87. The maximum atomic E-state index is 13.6. The van der Waals surface area contributed by atoms with Crippen LogP contribution < -0.4 is 24.7 Å². The molecule has 0 aromatic heterocycles. The molecule has 162 valence electrons. The highest BCUT2D eigenvalue weighted by Crippen LogP contribution is 2.29. The Labute approximate surface area is 176 Å². The van der Waals surface area contributed by atoms with Crippen molar-refractivity contribution < 1.29 is 27.0 Å². The van der Waals surface area contributed by atoms with Crippen molar-refractivity contribution in [2.24, 2.45) is 5.14 Å². The normalized spacial score (nSPS) is 12.0. The summed E-state index contributed by atoms with van der Waals surface area (Å²) in [6.45, 7) is 2.79. The van der Waals surface area contributed by atoms with E-state index >= 15 is 0 Å². The lowest BCUT2D eigenvalue weighted by atomic mass is 10.1. The molecule has 1 unspecified atom stereocenters. The zero-order valence-electron chi connectivity index (χ0n) is 16.5. The van der Waals surface area contributed by atoms with Crippen LogP contribution in [0.5, 0.6) is 17.2 Å². The molecule has 0 fully saturated rings. The lowest BCUT2D eigenvalue weighted by molar-refractivity contribution is 0.281. The van der Waals surface area contributed by atoms with Crippen molar-refractivity contribution in [3.05, 3.63) is 47.8 Å². The summed E-state index contributed by atoms with van der Waals surface area (Å²) >= 11 is 0. The van der Waals surface area contributed by atoms with E-state index in [0.29, 0.717) is 25.3 Å². The van der Waals surface area contributed by atoms with E-state index in [-0.39, 0.29) is 34.8 Å². The van der Waals surface area contributed by atoms with E-state index in [2.05, 4.69) is 5.32 Å². The number of ether oxygens (including phenoxy) is 3. The number of halogens is 2. The lowest BCUT2D eigenvalue weighted by Gasteiger charge is -2.16. The van der Waals surface area contributed by atoms with Crippen molar-refractivity contribution in [3.63, 3.8) is 0 Å². The summed E-state index contributed by atoms with van der Waals surface area (Å²) in [6, 6.07) is 9.42. The first kappa shape index (κ1) is 25.0. The van der Waals surface area contributed by atoms with Crippen molar-refractivity contribution in [3.8, 4) is 17.2 Å². The molecule has 0 aliphatic carbocycles. The van der Waals surface area contributed by atoms with Crippen LogP contribution in [0.25, 0.3) is 0 Å². The second kappa shape index (κ2) is 11.2. The fourth-order valence-electron chi connectivity index (χ4n) is 2.76. The standard InChI is InChI=1S/C19H25FN2O5S.ClH/c1-13(11-14-7-8-16(25-2)18(12-14)28(21,23)24)22-9-10-27-17-6-4-5-15(20)19(17)26-3;/h4-8,12-13,22H,9-11H2,1-3H3,(H2,21,23,24);1H. The monoisotopic (exact) mass is 448 g/mol. The molecule has 29 heavy (non-hydrogen) atoms. The third-order valence-corrected chi connectivity index (χ3v) is 5.00. The van der Waals surface area contributed by atoms with E-state index in [0.717, 1.165) is 5.56 Å². The van der Waals surface area contributed by atoms with Gasteiger partial charge in [0.15, 0.2) is 17.3 Å². The van der Waals surface area contributed by atoms with Crippen molar-refractivity contribution >= 4 is 22.4 Å². The van der Waals surface area contributed by atoms with Gasteiger partial charge in [0, 0.05) is 12.6 Å². The Bertz CT molecular complexity index is 911. The number of nitrogens with two attached hydrogens (primary N) is 1. The van der Waals surface area contributed by atoms with E-state index < -0.39 is 15.8 Å². The van der Waals surface area contributed by atoms with Gasteiger partial charge in [-0.2, -0.15) is 0 Å². The summed E-state index contributed by atoms with van der Waals surface area (Å²) in [4.78, 5) is -0.0405. The number of methoxy groups -OCH3 is 2. The molecule has 0 bridgehead atoms. The molecule has 3 N–H and O–H groups in total. The molecule has 0 radical (unpaired) electrons. The summed E-state index contributed by atoms with van der Waals surface area (Å²) in [5, 5.41) is 8.51. The molecule has 0 heterocycles. The Morgan fingerprint density at radius 3 is 2.48 bits per heavy atom. The van der Waals surface area contributed by atoms with Crippen LogP contribution in [-0.4, -0.2) is 41.8 Å². The van der Waals surface area contributed by atoms with E-state index in [1.165, 1.54) is 26.4 Å². The summed E-state index contributed by atoms with van der Waals surface area (Å²) < 4.78 is 52.6. The van der Waals surface area contributed by atoms with Crippen LogP contribution in [0.3, 0.4) is 0 Å². The number of hydrogen-bond donors (Lipinski definition) is 2. The molecular weight excluding hydrogens is 423 g/mol. The van der Waals surface area contributed by atoms with E-state index in [9.17, 15) is 12.8 Å². The molecule has 2 aromatic rings. The van der Waals surface area contributed by atoms with Gasteiger partial charge in [-0.15, -0.1) is 12.4 Å². The maximum absolute atomic E-state index is 13.6. The first-order chi connectivity index (χ1) is 13.3. The maximum Gasteiger partial charge on any atom is 0.241 e. The largest absolute Gasteiger partial charge is 0.495 e. The molecule has 1 atom stereocenters. The molecular formula is C19H26ClFN2O5S. The predicted octanol–water partition coefficient (Wildman–Crippen LogP) is 2.51. The number of nitrogens with one attached hydrogen (secondary N) is 1. The fourth-order valence-corrected chi connectivity index (χ4v) is 3.51. The minimum absolute atomic E-state index is 0. The van der Waals surface area contributed by atoms with Gasteiger partial charge >= 0.3 is 0 Å². The molecule has 7 nitrogen and oxygen atoms in total. The summed E-state index contributed by atoms with van der Waals surface area (Å²) in [5.41, 5.74) is 0.803. The number of rotatable bonds is 10. The van der Waals surface area contributed by atoms with E-state index in [1.807, 2.05) is 6.92 Å². The highest BCUT2D eigenvalue weighted by molar-refractivity contribution is 7.89. The number of para-hydroxylation sites is 1. The summed E-state index contributed by atoms with van der Waals surface area (Å²) in [6.07, 6.45) is 0.579. The molecule has 2 rings (SSSR count). The minimum Gasteiger partial charge on any atom is -0.495 e. The average Bonchev–Trinajstić information content (AvgIpc) is 2.64. The van der Waals surface area contributed by atoms with Crippen LogP contribution in [0.15, 0.2) is 41.3 Å². The Kier molecular flexibility index (Phi) is 9.64. The summed E-state index contributed by atoms with van der Waals surface area (Å²) in [5.74, 6) is 0.144. The van der Waals surface area contributed by atoms with Gasteiger partial charge in [0.1, 0.15) is 17.3 Å². The Morgan fingerprint density at radius 2 is 1.86 bits per heavy atom. The number of benzene rings is 2. The predicted molar refractivity (Wildman–Crippen MR) is 111 cm³/mol. The second-order valence-corrected chi connectivity index (χ2v) is 7.74. The third-order valence-electron chi connectivity index (χ3n) is 4.06. The average molecular weight is 449 g/mol. The van der Waals surface area contributed by atoms with Gasteiger partial charge in [-0.05, 0) is 43.2 Å². The Balaban J connectivity index is 0.00000420. The molecule has 10 heteroatoms. The number of hydrogen-bond acceptors (Lipinski definition) is 6. The van der Waals surface area contributed by atoms with Crippen molar-refractivity contribution in [1.82, 2.24) is 5.32 Å². The third kappa shape index (κ3) is 7.04. The van der Waals surface area contributed by atoms with Gasteiger partial charge < -0.3 is 19.5 Å².